The lowest BCUT2D eigenvalue weighted by Gasteiger charge is -2.19. The molecule has 4 heteroatoms. The number of carbonyl (C=O) groups is 1. The lowest BCUT2D eigenvalue weighted by molar-refractivity contribution is -0.123. The molecule has 0 aliphatic carbocycles. The average molecular weight is 327 g/mol. The minimum atomic E-state index is -0.139. The molecule has 0 radical (unpaired) electrons. The first-order chi connectivity index (χ1) is 11.6. The molecule has 2 aromatic rings. The highest BCUT2D eigenvalue weighted by molar-refractivity contribution is 5.78. The molecule has 2 rings (SSSR count). The zero-order valence-corrected chi connectivity index (χ0v) is 14.5. The minimum absolute atomic E-state index is 0.00668. The third-order valence-corrected chi connectivity index (χ3v) is 3.79. The van der Waals surface area contributed by atoms with Crippen LogP contribution in [0.3, 0.4) is 0 Å². The van der Waals surface area contributed by atoms with E-state index < -0.39 is 0 Å². The van der Waals surface area contributed by atoms with E-state index in [2.05, 4.69) is 12.2 Å². The molecule has 0 saturated heterocycles. The summed E-state index contributed by atoms with van der Waals surface area (Å²) in [6.45, 7) is 4.05. The first-order valence-corrected chi connectivity index (χ1v) is 8.25. The summed E-state index contributed by atoms with van der Waals surface area (Å²) < 4.78 is 10.9. The summed E-state index contributed by atoms with van der Waals surface area (Å²) in [5, 5.41) is 3.05. The highest BCUT2D eigenvalue weighted by Crippen LogP contribution is 2.27. The molecule has 0 aliphatic rings. The lowest BCUT2D eigenvalue weighted by Crippen LogP contribution is -2.32. The molecule has 24 heavy (non-hydrogen) atoms. The van der Waals surface area contributed by atoms with E-state index in [1.54, 1.807) is 7.11 Å². The number of rotatable bonds is 8. The molecule has 4 nitrogen and oxygen atoms in total. The Morgan fingerprint density at radius 2 is 1.88 bits per heavy atom. The Balaban J connectivity index is 1.96. The molecule has 0 aromatic heterocycles. The fraction of sp³-hybridized carbons (Fsp3) is 0.350. The van der Waals surface area contributed by atoms with Gasteiger partial charge in [0.15, 0.2) is 18.1 Å². The van der Waals surface area contributed by atoms with Crippen molar-refractivity contribution in [2.45, 2.75) is 32.7 Å². The Bertz CT molecular complexity index is 655. The van der Waals surface area contributed by atoms with Crippen LogP contribution in [0.15, 0.2) is 48.5 Å². The van der Waals surface area contributed by atoms with E-state index >= 15 is 0 Å². The Morgan fingerprint density at radius 1 is 1.12 bits per heavy atom. The molecular weight excluding hydrogens is 302 g/mol. The topological polar surface area (TPSA) is 47.6 Å². The van der Waals surface area contributed by atoms with Crippen molar-refractivity contribution in [3.63, 3.8) is 0 Å². The third kappa shape index (κ3) is 5.01. The molecule has 1 N–H and O–H groups in total. The van der Waals surface area contributed by atoms with Crippen molar-refractivity contribution in [1.82, 2.24) is 5.32 Å². The van der Waals surface area contributed by atoms with Crippen molar-refractivity contribution in [1.29, 1.82) is 0 Å². The van der Waals surface area contributed by atoms with Gasteiger partial charge >= 0.3 is 0 Å². The standard InChI is InChI=1S/C20H25NO3/c1-4-8-17(16-9-6-5-7-10-16)21-20(22)14-24-18-12-11-15(2)13-19(18)23-3/h5-7,9-13,17H,4,8,14H2,1-3H3,(H,21,22). The summed E-state index contributed by atoms with van der Waals surface area (Å²) in [6.07, 6.45) is 1.89. The number of methoxy groups -OCH3 is 1. The van der Waals surface area contributed by atoms with Gasteiger partial charge in [-0.15, -0.1) is 0 Å². The van der Waals surface area contributed by atoms with Crippen LogP contribution >= 0.6 is 0 Å². The summed E-state index contributed by atoms with van der Waals surface area (Å²) in [4.78, 5) is 12.3. The summed E-state index contributed by atoms with van der Waals surface area (Å²) in [5.74, 6) is 1.07. The van der Waals surface area contributed by atoms with Gasteiger partial charge in [-0.25, -0.2) is 0 Å². The fourth-order valence-corrected chi connectivity index (χ4v) is 2.57. The van der Waals surface area contributed by atoms with Crippen molar-refractivity contribution >= 4 is 5.91 Å². The van der Waals surface area contributed by atoms with Gasteiger partial charge in [0.2, 0.25) is 0 Å². The summed E-state index contributed by atoms with van der Waals surface area (Å²) in [7, 11) is 1.59. The Kier molecular flexibility index (Phi) is 6.67. The lowest BCUT2D eigenvalue weighted by atomic mass is 10.0. The van der Waals surface area contributed by atoms with Crippen molar-refractivity contribution in [2.24, 2.45) is 0 Å². The Labute approximate surface area is 143 Å². The number of amides is 1. The molecule has 0 saturated carbocycles. The van der Waals surface area contributed by atoms with Crippen LogP contribution in [0.25, 0.3) is 0 Å². The van der Waals surface area contributed by atoms with E-state index in [-0.39, 0.29) is 18.6 Å². The van der Waals surface area contributed by atoms with Crippen LogP contribution in [0, 0.1) is 6.92 Å². The maximum absolute atomic E-state index is 12.3. The van der Waals surface area contributed by atoms with E-state index in [1.165, 1.54) is 0 Å². The van der Waals surface area contributed by atoms with Crippen molar-refractivity contribution in [3.05, 3.63) is 59.7 Å². The quantitative estimate of drug-likeness (QED) is 0.796. The van der Waals surface area contributed by atoms with E-state index in [9.17, 15) is 4.79 Å². The van der Waals surface area contributed by atoms with Crippen LogP contribution < -0.4 is 14.8 Å². The van der Waals surface area contributed by atoms with Crippen LogP contribution in [0.4, 0.5) is 0 Å². The number of nitrogens with one attached hydrogen (secondary N) is 1. The Morgan fingerprint density at radius 3 is 2.54 bits per heavy atom. The van der Waals surface area contributed by atoms with E-state index in [0.717, 1.165) is 24.0 Å². The zero-order valence-electron chi connectivity index (χ0n) is 14.5. The van der Waals surface area contributed by atoms with Gasteiger partial charge in [0, 0.05) is 0 Å². The zero-order chi connectivity index (χ0) is 17.4. The van der Waals surface area contributed by atoms with Gasteiger partial charge in [0.1, 0.15) is 0 Å². The van der Waals surface area contributed by atoms with Crippen LogP contribution in [-0.2, 0) is 4.79 Å². The van der Waals surface area contributed by atoms with Crippen LogP contribution in [0.2, 0.25) is 0 Å². The van der Waals surface area contributed by atoms with Crippen molar-refractivity contribution < 1.29 is 14.3 Å². The van der Waals surface area contributed by atoms with Gasteiger partial charge < -0.3 is 14.8 Å². The number of aryl methyl sites for hydroxylation is 1. The number of benzene rings is 2. The van der Waals surface area contributed by atoms with Gasteiger partial charge in [0.25, 0.3) is 5.91 Å². The molecule has 0 aliphatic heterocycles. The predicted octanol–water partition coefficient (Wildman–Crippen LogP) is 4.04. The maximum Gasteiger partial charge on any atom is 0.258 e. The number of ether oxygens (including phenoxy) is 2. The SMILES string of the molecule is CCCC(NC(=O)COc1ccc(C)cc1OC)c1ccccc1. The molecule has 0 spiro atoms. The molecule has 2 aromatic carbocycles. The van der Waals surface area contributed by atoms with Gasteiger partial charge in [-0.2, -0.15) is 0 Å². The monoisotopic (exact) mass is 327 g/mol. The normalized spacial score (nSPS) is 11.6. The number of carbonyl (C=O) groups excluding carboxylic acids is 1. The second-order valence-corrected chi connectivity index (χ2v) is 5.76. The molecule has 1 atom stereocenters. The molecule has 0 fully saturated rings. The molecular formula is C20H25NO3. The number of hydrogen-bond donors (Lipinski definition) is 1. The van der Waals surface area contributed by atoms with E-state index in [1.807, 2.05) is 55.5 Å². The third-order valence-electron chi connectivity index (χ3n) is 3.79. The van der Waals surface area contributed by atoms with Crippen LogP contribution in [0.1, 0.15) is 36.9 Å². The second-order valence-electron chi connectivity index (χ2n) is 5.76. The smallest absolute Gasteiger partial charge is 0.258 e. The van der Waals surface area contributed by atoms with E-state index in [0.29, 0.717) is 11.5 Å². The van der Waals surface area contributed by atoms with Crippen molar-refractivity contribution in [3.8, 4) is 11.5 Å². The average Bonchev–Trinajstić information content (AvgIpc) is 2.61. The predicted molar refractivity (Wildman–Crippen MR) is 95.5 cm³/mol. The molecule has 1 amide bonds. The number of hydrogen-bond acceptors (Lipinski definition) is 3. The fourth-order valence-electron chi connectivity index (χ4n) is 2.57. The first kappa shape index (κ1) is 17.9. The molecule has 0 bridgehead atoms. The maximum atomic E-state index is 12.3. The van der Waals surface area contributed by atoms with Gasteiger partial charge in [0.05, 0.1) is 13.2 Å². The highest BCUT2D eigenvalue weighted by Gasteiger charge is 2.14. The molecule has 1 unspecified atom stereocenters. The van der Waals surface area contributed by atoms with Crippen LogP contribution in [-0.4, -0.2) is 19.6 Å². The molecule has 128 valence electrons. The summed E-state index contributed by atoms with van der Waals surface area (Å²) in [6, 6.07) is 15.7. The summed E-state index contributed by atoms with van der Waals surface area (Å²) >= 11 is 0. The highest BCUT2D eigenvalue weighted by atomic mass is 16.5. The van der Waals surface area contributed by atoms with Crippen LogP contribution in [0.5, 0.6) is 11.5 Å². The van der Waals surface area contributed by atoms with Gasteiger partial charge in [-0.05, 0) is 36.6 Å². The van der Waals surface area contributed by atoms with Crippen molar-refractivity contribution in [2.75, 3.05) is 13.7 Å². The Hall–Kier alpha value is -2.49. The largest absolute Gasteiger partial charge is 0.493 e. The second kappa shape index (κ2) is 8.96. The first-order valence-electron chi connectivity index (χ1n) is 8.25. The van der Waals surface area contributed by atoms with Gasteiger partial charge in [-0.3, -0.25) is 4.79 Å². The molecule has 0 heterocycles. The van der Waals surface area contributed by atoms with Gasteiger partial charge in [-0.1, -0.05) is 49.7 Å². The van der Waals surface area contributed by atoms with E-state index in [4.69, 9.17) is 9.47 Å². The summed E-state index contributed by atoms with van der Waals surface area (Å²) in [5.41, 5.74) is 2.19. The minimum Gasteiger partial charge on any atom is -0.493 e.